The van der Waals surface area contributed by atoms with Crippen molar-refractivity contribution in [2.45, 2.75) is 316 Å². The SMILES string of the molecule is CC/C=C\C/C=C\C/C=C\C/C=C\C/C=C\C/C=C\CCC(=O)O[C@H](COC(=O)CCCCCCC/C=C\C/C=C\CCCCC)COP(=O)(O)OC[C@@H](O)COP(=O)(O)OC[C@@H](COC(=O)CCCCCCCCC/C=C\CCCCCC)OC(=O)CC/C=C\C/C=C\C/C=C\C/C=C\C/C=C\C/C=C\CC. The maximum atomic E-state index is 13.1. The van der Waals surface area contributed by atoms with E-state index in [1.54, 1.807) is 0 Å². The van der Waals surface area contributed by atoms with Crippen LogP contribution < -0.4 is 0 Å². The molecule has 0 fully saturated rings. The minimum atomic E-state index is -5.02. The summed E-state index contributed by atoms with van der Waals surface area (Å²) in [5.41, 5.74) is 0. The van der Waals surface area contributed by atoms with Crippen molar-refractivity contribution in [2.24, 2.45) is 0 Å². The molecule has 0 heterocycles. The summed E-state index contributed by atoms with van der Waals surface area (Å²) >= 11 is 0. The quantitative estimate of drug-likeness (QED) is 0.0169. The minimum absolute atomic E-state index is 0.0392. The molecular weight excluding hydrogens is 1400 g/mol. The Morgan fingerprint density at radius 3 is 0.806 bits per heavy atom. The molecule has 0 radical (unpaired) electrons. The van der Waals surface area contributed by atoms with Gasteiger partial charge in [0.2, 0.25) is 0 Å². The van der Waals surface area contributed by atoms with Gasteiger partial charge in [-0.15, -0.1) is 0 Å². The van der Waals surface area contributed by atoms with Crippen LogP contribution in [0.4, 0.5) is 0 Å². The summed E-state index contributed by atoms with van der Waals surface area (Å²) in [5, 5.41) is 10.7. The van der Waals surface area contributed by atoms with E-state index in [4.69, 9.17) is 37.0 Å². The van der Waals surface area contributed by atoms with Gasteiger partial charge in [-0.05, 0) is 161 Å². The van der Waals surface area contributed by atoms with E-state index in [1.165, 1.54) is 44.9 Å². The summed E-state index contributed by atoms with van der Waals surface area (Å²) in [6.45, 7) is 4.40. The number of aliphatic hydroxyl groups excluding tert-OH is 1. The lowest BCUT2D eigenvalue weighted by Gasteiger charge is -2.21. The normalized spacial score (nSPS) is 14.8. The molecule has 5 atom stereocenters. The van der Waals surface area contributed by atoms with Crippen molar-refractivity contribution in [3.05, 3.63) is 182 Å². The Balaban J connectivity index is 5.54. The number of carbonyl (C=O) groups is 4. The van der Waals surface area contributed by atoms with Crippen molar-refractivity contribution < 1.29 is 80.2 Å². The number of esters is 4. The van der Waals surface area contributed by atoms with E-state index >= 15 is 0 Å². The van der Waals surface area contributed by atoms with Gasteiger partial charge in [-0.3, -0.25) is 37.3 Å². The lowest BCUT2D eigenvalue weighted by molar-refractivity contribution is -0.161. The first-order valence-electron chi connectivity index (χ1n) is 41.0. The molecule has 2 unspecified atom stereocenters. The molecule has 17 nitrogen and oxygen atoms in total. The van der Waals surface area contributed by atoms with Crippen LogP contribution in [0.2, 0.25) is 0 Å². The number of carbonyl (C=O) groups excluding carboxylic acids is 4. The minimum Gasteiger partial charge on any atom is -0.462 e. The largest absolute Gasteiger partial charge is 0.472 e. The number of aliphatic hydroxyl groups is 1. The van der Waals surface area contributed by atoms with Crippen molar-refractivity contribution in [3.8, 4) is 0 Å². The average Bonchev–Trinajstić information content (AvgIpc) is 0.907. The first kappa shape index (κ1) is 102. The van der Waals surface area contributed by atoms with Crippen molar-refractivity contribution in [3.63, 3.8) is 0 Å². The van der Waals surface area contributed by atoms with Gasteiger partial charge < -0.3 is 33.8 Å². The molecule has 0 spiro atoms. The van der Waals surface area contributed by atoms with Crippen LogP contribution in [0, 0.1) is 0 Å². The van der Waals surface area contributed by atoms with Crippen molar-refractivity contribution in [1.29, 1.82) is 0 Å². The molecule has 108 heavy (non-hydrogen) atoms. The summed E-state index contributed by atoms with van der Waals surface area (Å²) in [6.07, 6.45) is 96.1. The molecule has 612 valence electrons. The number of ether oxygens (including phenoxy) is 4. The van der Waals surface area contributed by atoms with Crippen molar-refractivity contribution in [1.82, 2.24) is 0 Å². The van der Waals surface area contributed by atoms with E-state index in [1.807, 2.05) is 36.5 Å². The van der Waals surface area contributed by atoms with E-state index in [0.717, 1.165) is 161 Å². The Labute approximate surface area is 654 Å². The molecule has 0 aromatic heterocycles. The van der Waals surface area contributed by atoms with Crippen LogP contribution in [0.15, 0.2) is 182 Å². The Hall–Kier alpha value is -5.84. The molecule has 19 heteroatoms. The van der Waals surface area contributed by atoms with Crippen LogP contribution in [0.5, 0.6) is 0 Å². The molecule has 0 saturated carbocycles. The van der Waals surface area contributed by atoms with E-state index < -0.39 is 97.5 Å². The van der Waals surface area contributed by atoms with Gasteiger partial charge in [0.25, 0.3) is 0 Å². The summed E-state index contributed by atoms with van der Waals surface area (Å²) in [5.74, 6) is -2.40. The second kappa shape index (κ2) is 79.3. The fourth-order valence-corrected chi connectivity index (χ4v) is 11.8. The molecule has 0 aromatic carbocycles. The lowest BCUT2D eigenvalue weighted by Crippen LogP contribution is -2.30. The zero-order chi connectivity index (χ0) is 78.9. The van der Waals surface area contributed by atoms with Crippen LogP contribution in [0.3, 0.4) is 0 Å². The van der Waals surface area contributed by atoms with Crippen LogP contribution in [0.1, 0.15) is 297 Å². The Morgan fingerprint density at radius 1 is 0.269 bits per heavy atom. The van der Waals surface area contributed by atoms with Gasteiger partial charge in [0.15, 0.2) is 12.2 Å². The number of rotatable bonds is 75. The van der Waals surface area contributed by atoms with Crippen molar-refractivity contribution >= 4 is 39.5 Å². The second-order valence-corrected chi connectivity index (χ2v) is 29.5. The maximum Gasteiger partial charge on any atom is 0.472 e. The number of unbranched alkanes of at least 4 members (excludes halogenated alkanes) is 19. The van der Waals surface area contributed by atoms with Gasteiger partial charge in [0.05, 0.1) is 26.4 Å². The van der Waals surface area contributed by atoms with Gasteiger partial charge in [0, 0.05) is 25.7 Å². The summed E-state index contributed by atoms with van der Waals surface area (Å²) in [4.78, 5) is 73.1. The third-order valence-electron chi connectivity index (χ3n) is 16.4. The zero-order valence-corrected chi connectivity index (χ0v) is 68.7. The lowest BCUT2D eigenvalue weighted by atomic mass is 10.1. The van der Waals surface area contributed by atoms with Crippen LogP contribution >= 0.6 is 15.6 Å². The maximum absolute atomic E-state index is 13.1. The first-order valence-corrected chi connectivity index (χ1v) is 44.0. The highest BCUT2D eigenvalue weighted by Gasteiger charge is 2.30. The van der Waals surface area contributed by atoms with Crippen molar-refractivity contribution in [2.75, 3.05) is 39.6 Å². The van der Waals surface area contributed by atoms with Gasteiger partial charge in [-0.2, -0.15) is 0 Å². The Morgan fingerprint density at radius 2 is 0.500 bits per heavy atom. The third-order valence-corrected chi connectivity index (χ3v) is 18.3. The summed E-state index contributed by atoms with van der Waals surface area (Å²) < 4.78 is 68.5. The fourth-order valence-electron chi connectivity index (χ4n) is 10.2. The predicted octanol–water partition coefficient (Wildman–Crippen LogP) is 24.3. The van der Waals surface area contributed by atoms with Gasteiger partial charge in [0.1, 0.15) is 19.3 Å². The monoisotopic (exact) mass is 1550 g/mol. The standard InChI is InChI=1S/C89H144O17P2/c1-5-9-13-17-21-25-29-33-37-39-41-43-47-51-55-59-63-67-71-75-88(93)105-84(79-99-86(91)73-69-65-61-57-53-49-45-35-31-27-23-19-15-11-7-3)81-103-107(95,96)101-77-83(90)78-102-108(97,98)104-82-85(80-100-87(92)74-70-66-62-58-54-50-46-36-32-28-24-20-16-12-8-4)106-89(94)76-72-68-64-60-56-52-48-44-42-40-38-34-30-26-22-18-14-10-6-2/h9-10,13-14,21-23,25-28,32-35,37-38,41-45,51-52,55-56,63-64,67-68,83-85,90H,5-8,11-12,15-20,24,29-31,36,39-40,46-50,53-54,57-62,65-66,69-82H2,1-4H3,(H,95,96)(H,97,98)/b13-9-,14-10-,25-21-,26-22-,27-23-,32-28-,37-33-,38-34-,43-41-,44-42-,45-35-,55-51-,56-52-,67-63-,68-64-/t83-,84-,85-/m1/s1. The van der Waals surface area contributed by atoms with E-state index in [-0.39, 0.29) is 25.7 Å². The third kappa shape index (κ3) is 78.3. The molecule has 0 aromatic rings. The zero-order valence-electron chi connectivity index (χ0n) is 66.9. The molecular formula is C89H144O17P2. The molecule has 0 rings (SSSR count). The Bertz CT molecular complexity index is 2760. The number of hydrogen-bond donors (Lipinski definition) is 3. The number of allylic oxidation sites excluding steroid dienone is 30. The summed E-state index contributed by atoms with van der Waals surface area (Å²) in [6, 6.07) is 0. The predicted molar refractivity (Wildman–Crippen MR) is 445 cm³/mol. The van der Waals surface area contributed by atoms with E-state index in [0.29, 0.717) is 38.5 Å². The topological polar surface area (TPSA) is 237 Å². The first-order chi connectivity index (χ1) is 52.7. The molecule has 0 aliphatic carbocycles. The fraction of sp³-hybridized carbons (Fsp3) is 0.618. The number of phosphoric ester groups is 2. The van der Waals surface area contributed by atoms with Crippen LogP contribution in [-0.4, -0.2) is 96.7 Å². The van der Waals surface area contributed by atoms with Crippen LogP contribution in [0.25, 0.3) is 0 Å². The van der Waals surface area contributed by atoms with E-state index in [2.05, 4.69) is 174 Å². The molecule has 0 aliphatic heterocycles. The highest BCUT2D eigenvalue weighted by atomic mass is 31.2. The summed E-state index contributed by atoms with van der Waals surface area (Å²) in [7, 11) is -10.0. The highest BCUT2D eigenvalue weighted by Crippen LogP contribution is 2.45. The molecule has 0 aliphatic rings. The van der Waals surface area contributed by atoms with Gasteiger partial charge in [-0.1, -0.05) is 293 Å². The Kier molecular flexibility index (Phi) is 75.0. The van der Waals surface area contributed by atoms with E-state index in [9.17, 15) is 43.2 Å². The molecule has 0 saturated heterocycles. The van der Waals surface area contributed by atoms with Gasteiger partial charge in [-0.25, -0.2) is 9.13 Å². The number of hydrogen-bond acceptors (Lipinski definition) is 15. The number of phosphoric acid groups is 2. The molecule has 3 N–H and O–H groups in total. The highest BCUT2D eigenvalue weighted by molar-refractivity contribution is 7.47. The molecule has 0 bridgehead atoms. The smallest absolute Gasteiger partial charge is 0.462 e. The van der Waals surface area contributed by atoms with Crippen LogP contribution in [-0.2, 0) is 65.4 Å². The van der Waals surface area contributed by atoms with Gasteiger partial charge >= 0.3 is 39.5 Å². The average molecular weight is 1550 g/mol. The second-order valence-electron chi connectivity index (χ2n) is 26.6. The molecule has 0 amide bonds.